The Bertz CT molecular complexity index is 511. The molecule has 0 radical (unpaired) electrons. The minimum absolute atomic E-state index is 0. The van der Waals surface area contributed by atoms with E-state index in [2.05, 4.69) is 69.4 Å². The van der Waals surface area contributed by atoms with Gasteiger partial charge in [0, 0.05) is 0 Å². The third-order valence-corrected chi connectivity index (χ3v) is 3.17. The molecule has 0 N–H and O–H groups in total. The molecule has 72 valence electrons. The largest absolute Gasteiger partial charge is 1.00 e. The number of fused-ring (bicyclic) bond motifs is 3. The molecule has 3 rings (SSSR count). The summed E-state index contributed by atoms with van der Waals surface area (Å²) >= 11 is 3.33. The number of benzene rings is 2. The van der Waals surface area contributed by atoms with Gasteiger partial charge >= 0.3 is 18.9 Å². The van der Waals surface area contributed by atoms with Gasteiger partial charge in [0.1, 0.15) is 0 Å². The average Bonchev–Trinajstić information content (AvgIpc) is 2.63. The Hall–Kier alpha value is -0.743. The molecule has 0 aliphatic heterocycles. The van der Waals surface area contributed by atoms with Crippen LogP contribution in [0.1, 0.15) is 11.1 Å². The molecule has 0 amide bonds. The van der Waals surface area contributed by atoms with Crippen molar-refractivity contribution in [1.82, 2.24) is 0 Å². The molecule has 0 bridgehead atoms. The molecule has 0 saturated heterocycles. The second kappa shape index (κ2) is 4.63. The molecule has 0 spiro atoms. The second-order valence-electron chi connectivity index (χ2n) is 3.56. The standard InChI is InChI=1S/C14H8Br.Li/c15-9-14-12-7-3-1-5-10(12)11-6-2-4-8-13(11)14;/h1-8H;/q-1;+1. The Morgan fingerprint density at radius 1 is 0.688 bits per heavy atom. The van der Waals surface area contributed by atoms with Crippen molar-refractivity contribution >= 4 is 21.5 Å². The van der Waals surface area contributed by atoms with E-state index < -0.39 is 0 Å². The first-order valence-electron chi connectivity index (χ1n) is 4.84. The zero-order chi connectivity index (χ0) is 10.3. The van der Waals surface area contributed by atoms with E-state index in [-0.39, 0.29) is 18.9 Å². The smallest absolute Gasteiger partial charge is 0.170 e. The molecular formula is C14H8BrLi. The third kappa shape index (κ3) is 1.60. The molecule has 0 saturated carbocycles. The monoisotopic (exact) mass is 262 g/mol. The number of halogens is 1. The Labute approximate surface area is 116 Å². The minimum atomic E-state index is 0. The van der Waals surface area contributed by atoms with Crippen LogP contribution in [-0.4, -0.2) is 0 Å². The Morgan fingerprint density at radius 2 is 1.06 bits per heavy atom. The SMILES string of the molecule is Br[C-]=C1c2ccccc2-c2ccccc21.[Li+]. The summed E-state index contributed by atoms with van der Waals surface area (Å²) in [5, 5.41) is 0. The average molecular weight is 263 g/mol. The van der Waals surface area contributed by atoms with Crippen molar-refractivity contribution in [2.75, 3.05) is 0 Å². The van der Waals surface area contributed by atoms with Crippen LogP contribution in [0.4, 0.5) is 0 Å². The zero-order valence-corrected chi connectivity index (χ0v) is 10.6. The van der Waals surface area contributed by atoms with Gasteiger partial charge in [-0.1, -0.05) is 47.5 Å². The Balaban J connectivity index is 0.000000963. The van der Waals surface area contributed by atoms with E-state index in [1.807, 2.05) is 0 Å². The molecule has 2 aromatic carbocycles. The Morgan fingerprint density at radius 3 is 1.44 bits per heavy atom. The summed E-state index contributed by atoms with van der Waals surface area (Å²) in [7, 11) is 0. The van der Waals surface area contributed by atoms with E-state index >= 15 is 0 Å². The van der Waals surface area contributed by atoms with E-state index in [1.54, 1.807) is 0 Å². The molecule has 16 heavy (non-hydrogen) atoms. The van der Waals surface area contributed by atoms with Gasteiger partial charge in [-0.15, -0.1) is 44.2 Å². The molecule has 0 aromatic heterocycles. The fourth-order valence-corrected chi connectivity index (χ4v) is 2.55. The van der Waals surface area contributed by atoms with Crippen LogP contribution < -0.4 is 18.9 Å². The van der Waals surface area contributed by atoms with Crippen molar-refractivity contribution in [3.8, 4) is 11.1 Å². The van der Waals surface area contributed by atoms with Crippen molar-refractivity contribution in [3.63, 3.8) is 0 Å². The van der Waals surface area contributed by atoms with Gasteiger partial charge in [0.25, 0.3) is 0 Å². The molecule has 0 fully saturated rings. The third-order valence-electron chi connectivity index (χ3n) is 2.78. The maximum absolute atomic E-state index is 3.33. The summed E-state index contributed by atoms with van der Waals surface area (Å²) in [4.78, 5) is 3.11. The van der Waals surface area contributed by atoms with E-state index in [0.717, 1.165) is 5.57 Å². The Kier molecular flexibility index (Phi) is 3.40. The van der Waals surface area contributed by atoms with E-state index in [0.29, 0.717) is 0 Å². The van der Waals surface area contributed by atoms with E-state index in [1.165, 1.54) is 22.3 Å². The number of hydrogen-bond donors (Lipinski definition) is 0. The second-order valence-corrected chi connectivity index (χ2v) is 3.96. The van der Waals surface area contributed by atoms with Crippen molar-refractivity contribution in [3.05, 3.63) is 64.6 Å². The van der Waals surface area contributed by atoms with Gasteiger partial charge in [0.2, 0.25) is 0 Å². The van der Waals surface area contributed by atoms with E-state index in [9.17, 15) is 0 Å². The van der Waals surface area contributed by atoms with Crippen LogP contribution in [-0.2, 0) is 0 Å². The fourth-order valence-electron chi connectivity index (χ4n) is 2.12. The van der Waals surface area contributed by atoms with Crippen molar-refractivity contribution < 1.29 is 18.9 Å². The topological polar surface area (TPSA) is 0 Å². The maximum atomic E-state index is 3.33. The van der Waals surface area contributed by atoms with Crippen LogP contribution in [0, 0.1) is 4.99 Å². The zero-order valence-electron chi connectivity index (χ0n) is 9.00. The van der Waals surface area contributed by atoms with Gasteiger partial charge in [0.15, 0.2) is 0 Å². The van der Waals surface area contributed by atoms with Crippen LogP contribution >= 0.6 is 15.9 Å². The van der Waals surface area contributed by atoms with Crippen molar-refractivity contribution in [2.24, 2.45) is 0 Å². The predicted molar refractivity (Wildman–Crippen MR) is 66.6 cm³/mol. The molecule has 0 unspecified atom stereocenters. The molecule has 2 heteroatoms. The molecule has 2 aromatic rings. The first-order chi connectivity index (χ1) is 7.42. The van der Waals surface area contributed by atoms with Crippen LogP contribution in [0.2, 0.25) is 0 Å². The number of rotatable bonds is 0. The molecule has 0 atom stereocenters. The predicted octanol–water partition coefficient (Wildman–Crippen LogP) is 1.26. The van der Waals surface area contributed by atoms with Crippen LogP contribution in [0.3, 0.4) is 0 Å². The van der Waals surface area contributed by atoms with Gasteiger partial charge in [0.05, 0.1) is 0 Å². The molecule has 0 nitrogen and oxygen atoms in total. The van der Waals surface area contributed by atoms with Crippen LogP contribution in [0.5, 0.6) is 0 Å². The van der Waals surface area contributed by atoms with Gasteiger partial charge in [-0.3, -0.25) is 0 Å². The summed E-state index contributed by atoms with van der Waals surface area (Å²) in [6.45, 7) is 0. The van der Waals surface area contributed by atoms with Crippen LogP contribution in [0.15, 0.2) is 48.5 Å². The molecule has 1 aliphatic carbocycles. The summed E-state index contributed by atoms with van der Waals surface area (Å²) in [5.74, 6) is 0. The summed E-state index contributed by atoms with van der Waals surface area (Å²) in [6, 6.07) is 16.9. The van der Waals surface area contributed by atoms with Gasteiger partial charge in [-0.05, 0) is 0 Å². The quantitative estimate of drug-likeness (QED) is 0.423. The van der Waals surface area contributed by atoms with Gasteiger partial charge in [-0.2, -0.15) is 5.57 Å². The van der Waals surface area contributed by atoms with Crippen LogP contribution in [0.25, 0.3) is 16.7 Å². The van der Waals surface area contributed by atoms with Crippen molar-refractivity contribution in [1.29, 1.82) is 0 Å². The van der Waals surface area contributed by atoms with Gasteiger partial charge < -0.3 is 0 Å². The maximum Gasteiger partial charge on any atom is 1.00 e. The van der Waals surface area contributed by atoms with Crippen molar-refractivity contribution in [2.45, 2.75) is 0 Å². The summed E-state index contributed by atoms with van der Waals surface area (Å²) < 4.78 is 0. The number of hydrogen-bond acceptors (Lipinski definition) is 0. The molecular weight excluding hydrogens is 255 g/mol. The first-order valence-corrected chi connectivity index (χ1v) is 5.64. The molecule has 1 aliphatic rings. The molecule has 0 heterocycles. The van der Waals surface area contributed by atoms with E-state index in [4.69, 9.17) is 0 Å². The first kappa shape index (κ1) is 11.7. The minimum Gasteiger partial charge on any atom is -0.170 e. The summed E-state index contributed by atoms with van der Waals surface area (Å²) in [5.41, 5.74) is 6.28. The fraction of sp³-hybridized carbons (Fsp3) is 0. The normalized spacial score (nSPS) is 11.4. The van der Waals surface area contributed by atoms with Gasteiger partial charge in [-0.25, -0.2) is 0 Å². The summed E-state index contributed by atoms with van der Waals surface area (Å²) in [6.07, 6.45) is 0.